The van der Waals surface area contributed by atoms with Crippen molar-refractivity contribution in [2.24, 2.45) is 0 Å². The van der Waals surface area contributed by atoms with Crippen LogP contribution in [0.2, 0.25) is 0 Å². The van der Waals surface area contributed by atoms with E-state index in [1.807, 2.05) is 0 Å². The van der Waals surface area contributed by atoms with Crippen molar-refractivity contribution in [2.45, 2.75) is 25.7 Å². The van der Waals surface area contributed by atoms with Crippen LogP contribution in [0.3, 0.4) is 0 Å². The predicted octanol–water partition coefficient (Wildman–Crippen LogP) is 6.34. The van der Waals surface area contributed by atoms with Gasteiger partial charge in [-0.3, -0.25) is 0 Å². The Bertz CT molecular complexity index is 595. The van der Waals surface area contributed by atoms with Crippen molar-refractivity contribution >= 4 is 47.8 Å². The molecule has 2 rings (SSSR count). The molecule has 0 aliphatic heterocycles. The van der Waals surface area contributed by atoms with Gasteiger partial charge in [0.1, 0.15) is 0 Å². The molecule has 0 nitrogen and oxygen atoms in total. The molecule has 2 aromatic carbocycles. The highest BCUT2D eigenvalue weighted by Crippen LogP contribution is 2.35. The molecule has 0 amide bonds. The van der Waals surface area contributed by atoms with Crippen LogP contribution in [-0.4, -0.2) is 10.7 Å². The van der Waals surface area contributed by atoms with Crippen LogP contribution in [0.25, 0.3) is 0 Å². The quantitative estimate of drug-likeness (QED) is 0.444. The van der Waals surface area contributed by atoms with E-state index < -0.39 is 0 Å². The molecule has 0 aliphatic rings. The lowest BCUT2D eigenvalue weighted by atomic mass is 9.77. The number of benzene rings is 2. The summed E-state index contributed by atoms with van der Waals surface area (Å²) in [5.74, 6) is 0. The average Bonchev–Trinajstić information content (AvgIpc) is 2.48. The maximum Gasteiger partial charge on any atom is 0.0187 e. The summed E-state index contributed by atoms with van der Waals surface area (Å²) in [6.07, 6.45) is 1.03. The summed E-state index contributed by atoms with van der Waals surface area (Å²) in [4.78, 5) is 0. The van der Waals surface area contributed by atoms with Crippen molar-refractivity contribution in [3.63, 3.8) is 0 Å². The molecular weight excluding hydrogens is 456 g/mol. The third-order valence-electron chi connectivity index (χ3n) is 4.11. The first-order chi connectivity index (χ1) is 10.0. The summed E-state index contributed by atoms with van der Waals surface area (Å²) in [6, 6.07) is 15.2. The van der Waals surface area contributed by atoms with Crippen molar-refractivity contribution in [1.82, 2.24) is 0 Å². The standard InChI is InChI=1S/C18H19Br3/c1-13-5-3-6-14(2)17(13)10-18(11-19,12-20)15-7-4-8-16(21)9-15/h3-9H,10-12H2,1-2H3. The lowest BCUT2D eigenvalue weighted by molar-refractivity contribution is 0.548. The molecule has 0 heterocycles. The van der Waals surface area contributed by atoms with Crippen molar-refractivity contribution in [1.29, 1.82) is 0 Å². The summed E-state index contributed by atoms with van der Waals surface area (Å²) in [7, 11) is 0. The normalized spacial score (nSPS) is 11.7. The largest absolute Gasteiger partial charge is 0.0918 e. The maximum atomic E-state index is 3.76. The molecule has 0 saturated carbocycles. The van der Waals surface area contributed by atoms with Crippen molar-refractivity contribution in [3.8, 4) is 0 Å². The van der Waals surface area contributed by atoms with E-state index in [9.17, 15) is 0 Å². The highest BCUT2D eigenvalue weighted by atomic mass is 79.9. The van der Waals surface area contributed by atoms with Gasteiger partial charge in [0.05, 0.1) is 0 Å². The van der Waals surface area contributed by atoms with Gasteiger partial charge >= 0.3 is 0 Å². The lowest BCUT2D eigenvalue weighted by Crippen LogP contribution is -2.33. The first kappa shape index (κ1) is 17.2. The van der Waals surface area contributed by atoms with Crippen LogP contribution in [0.1, 0.15) is 22.3 Å². The molecule has 0 radical (unpaired) electrons. The van der Waals surface area contributed by atoms with E-state index >= 15 is 0 Å². The summed E-state index contributed by atoms with van der Waals surface area (Å²) in [5, 5.41) is 1.85. The number of rotatable bonds is 5. The lowest BCUT2D eigenvalue weighted by Gasteiger charge is -2.32. The van der Waals surface area contributed by atoms with Crippen LogP contribution < -0.4 is 0 Å². The second-order valence-electron chi connectivity index (χ2n) is 5.61. The van der Waals surface area contributed by atoms with E-state index in [2.05, 4.69) is 104 Å². The minimum Gasteiger partial charge on any atom is -0.0918 e. The Morgan fingerprint density at radius 1 is 0.905 bits per heavy atom. The van der Waals surface area contributed by atoms with Gasteiger partial charge in [0, 0.05) is 20.5 Å². The van der Waals surface area contributed by atoms with Gasteiger partial charge in [-0.25, -0.2) is 0 Å². The Morgan fingerprint density at radius 2 is 1.48 bits per heavy atom. The fourth-order valence-corrected chi connectivity index (χ4v) is 5.04. The highest BCUT2D eigenvalue weighted by molar-refractivity contribution is 9.10. The Balaban J connectivity index is 2.48. The van der Waals surface area contributed by atoms with Gasteiger partial charge in [0.2, 0.25) is 0 Å². The number of hydrogen-bond acceptors (Lipinski definition) is 0. The molecule has 3 heteroatoms. The van der Waals surface area contributed by atoms with Gasteiger partial charge in [0.25, 0.3) is 0 Å². The van der Waals surface area contributed by atoms with Crippen LogP contribution in [0.15, 0.2) is 46.9 Å². The molecule has 0 N–H and O–H groups in total. The zero-order valence-electron chi connectivity index (χ0n) is 12.3. The zero-order chi connectivity index (χ0) is 15.5. The van der Waals surface area contributed by atoms with Gasteiger partial charge < -0.3 is 0 Å². The number of hydrogen-bond donors (Lipinski definition) is 0. The summed E-state index contributed by atoms with van der Waals surface area (Å²) < 4.78 is 1.13. The molecule has 0 fully saturated rings. The maximum absolute atomic E-state index is 3.76. The Labute approximate surface area is 152 Å². The summed E-state index contributed by atoms with van der Waals surface area (Å²) in [6.45, 7) is 4.41. The minimum atomic E-state index is 0.0562. The SMILES string of the molecule is Cc1cccc(C)c1CC(CBr)(CBr)c1cccc(Br)c1. The van der Waals surface area contributed by atoms with E-state index in [-0.39, 0.29) is 5.41 Å². The molecule has 0 aromatic heterocycles. The Hall–Kier alpha value is -0.120. The van der Waals surface area contributed by atoms with E-state index in [1.165, 1.54) is 22.3 Å². The summed E-state index contributed by atoms with van der Waals surface area (Å²) in [5.41, 5.74) is 5.61. The van der Waals surface area contributed by atoms with Crippen LogP contribution in [0, 0.1) is 13.8 Å². The Morgan fingerprint density at radius 3 is 2.00 bits per heavy atom. The van der Waals surface area contributed by atoms with E-state index in [0.717, 1.165) is 21.6 Å². The minimum absolute atomic E-state index is 0.0562. The molecule has 112 valence electrons. The van der Waals surface area contributed by atoms with E-state index in [0.29, 0.717) is 0 Å². The van der Waals surface area contributed by atoms with Gasteiger partial charge in [-0.15, -0.1) is 0 Å². The number of alkyl halides is 2. The second kappa shape index (κ2) is 7.43. The van der Waals surface area contributed by atoms with Crippen LogP contribution in [-0.2, 0) is 11.8 Å². The van der Waals surface area contributed by atoms with Crippen LogP contribution in [0.4, 0.5) is 0 Å². The predicted molar refractivity (Wildman–Crippen MR) is 103 cm³/mol. The van der Waals surface area contributed by atoms with Crippen molar-refractivity contribution in [3.05, 3.63) is 69.2 Å². The first-order valence-electron chi connectivity index (χ1n) is 6.95. The first-order valence-corrected chi connectivity index (χ1v) is 9.99. The molecule has 2 aromatic rings. The second-order valence-corrected chi connectivity index (χ2v) is 7.64. The molecule has 0 unspecified atom stereocenters. The molecule has 0 atom stereocenters. The smallest absolute Gasteiger partial charge is 0.0187 e. The average molecular weight is 475 g/mol. The van der Waals surface area contributed by atoms with Gasteiger partial charge in [-0.05, 0) is 54.7 Å². The number of aryl methyl sites for hydroxylation is 2. The van der Waals surface area contributed by atoms with Crippen molar-refractivity contribution < 1.29 is 0 Å². The Kier molecular flexibility index (Phi) is 6.10. The molecule has 0 aliphatic carbocycles. The molecule has 0 saturated heterocycles. The zero-order valence-corrected chi connectivity index (χ0v) is 17.1. The molecule has 0 bridgehead atoms. The number of halogens is 3. The topological polar surface area (TPSA) is 0 Å². The van der Waals surface area contributed by atoms with Gasteiger partial charge in [-0.2, -0.15) is 0 Å². The molecular formula is C18H19Br3. The van der Waals surface area contributed by atoms with Crippen LogP contribution >= 0.6 is 47.8 Å². The third-order valence-corrected chi connectivity index (χ3v) is 6.75. The molecule has 0 spiro atoms. The van der Waals surface area contributed by atoms with Crippen LogP contribution in [0.5, 0.6) is 0 Å². The van der Waals surface area contributed by atoms with Crippen molar-refractivity contribution in [2.75, 3.05) is 10.7 Å². The summed E-state index contributed by atoms with van der Waals surface area (Å²) >= 11 is 11.1. The highest BCUT2D eigenvalue weighted by Gasteiger charge is 2.31. The van der Waals surface area contributed by atoms with E-state index in [1.54, 1.807) is 0 Å². The third kappa shape index (κ3) is 3.80. The van der Waals surface area contributed by atoms with Gasteiger partial charge in [0.15, 0.2) is 0 Å². The fourth-order valence-electron chi connectivity index (χ4n) is 2.67. The van der Waals surface area contributed by atoms with Gasteiger partial charge in [-0.1, -0.05) is 78.1 Å². The van der Waals surface area contributed by atoms with E-state index in [4.69, 9.17) is 0 Å². The monoisotopic (exact) mass is 472 g/mol. The molecule has 21 heavy (non-hydrogen) atoms. The fraction of sp³-hybridized carbons (Fsp3) is 0.333.